The molecule has 0 spiro atoms. The van der Waals surface area contributed by atoms with Gasteiger partial charge in [-0.3, -0.25) is 0 Å². The van der Waals surface area contributed by atoms with E-state index < -0.39 is 0 Å². The van der Waals surface area contributed by atoms with Crippen molar-refractivity contribution in [2.75, 3.05) is 5.73 Å². The molecule has 1 aromatic heterocycles. The van der Waals surface area contributed by atoms with Crippen molar-refractivity contribution in [3.05, 3.63) is 38.0 Å². The largest absolute Gasteiger partial charge is 0.383 e. The summed E-state index contributed by atoms with van der Waals surface area (Å²) in [7, 11) is 0. The number of nitrogens with two attached hydrogens (primary N) is 1. The molecule has 0 fully saturated rings. The van der Waals surface area contributed by atoms with Crippen molar-refractivity contribution >= 4 is 44.3 Å². The van der Waals surface area contributed by atoms with Crippen LogP contribution in [-0.4, -0.2) is 9.97 Å². The molecule has 0 atom stereocenters. The molecule has 82 valence electrons. The maximum Gasteiger partial charge on any atom is 0.161 e. The van der Waals surface area contributed by atoms with Crippen molar-refractivity contribution in [1.82, 2.24) is 9.97 Å². The van der Waals surface area contributed by atoms with Gasteiger partial charge in [-0.1, -0.05) is 22.0 Å². The SMILES string of the molecule is Cc1cc(-c2ncc(I)c(N)n2)ccc1Br. The van der Waals surface area contributed by atoms with Gasteiger partial charge < -0.3 is 5.73 Å². The van der Waals surface area contributed by atoms with Crippen LogP contribution in [0.4, 0.5) is 5.82 Å². The van der Waals surface area contributed by atoms with Crippen LogP contribution < -0.4 is 5.73 Å². The second-order valence-electron chi connectivity index (χ2n) is 3.39. The van der Waals surface area contributed by atoms with E-state index in [0.717, 1.165) is 19.2 Å². The number of halogens is 2. The second-order valence-corrected chi connectivity index (χ2v) is 5.41. The number of hydrogen-bond acceptors (Lipinski definition) is 3. The van der Waals surface area contributed by atoms with Gasteiger partial charge in [0.2, 0.25) is 0 Å². The first-order chi connectivity index (χ1) is 7.58. The summed E-state index contributed by atoms with van der Waals surface area (Å²) in [4.78, 5) is 8.52. The fourth-order valence-corrected chi connectivity index (χ4v) is 1.81. The average molecular weight is 390 g/mol. The first-order valence-corrected chi connectivity index (χ1v) is 6.49. The summed E-state index contributed by atoms with van der Waals surface area (Å²) in [5.74, 6) is 1.18. The standard InChI is InChI=1S/C11H9BrIN3/c1-6-4-7(2-3-8(6)12)11-15-5-9(13)10(14)16-11/h2-5H,1H3,(H2,14,15,16). The van der Waals surface area contributed by atoms with Crippen LogP contribution in [0, 0.1) is 10.5 Å². The normalized spacial score (nSPS) is 10.4. The number of benzene rings is 1. The van der Waals surface area contributed by atoms with E-state index in [1.165, 1.54) is 0 Å². The molecule has 0 saturated heterocycles. The van der Waals surface area contributed by atoms with E-state index in [0.29, 0.717) is 11.6 Å². The highest BCUT2D eigenvalue weighted by atomic mass is 127. The van der Waals surface area contributed by atoms with E-state index in [1.54, 1.807) is 6.20 Å². The fourth-order valence-electron chi connectivity index (χ4n) is 1.30. The van der Waals surface area contributed by atoms with Crippen LogP contribution in [0.5, 0.6) is 0 Å². The quantitative estimate of drug-likeness (QED) is 0.760. The van der Waals surface area contributed by atoms with E-state index in [9.17, 15) is 0 Å². The summed E-state index contributed by atoms with van der Waals surface area (Å²) in [6, 6.07) is 5.99. The first kappa shape index (κ1) is 11.8. The van der Waals surface area contributed by atoms with Gasteiger partial charge in [0.05, 0.1) is 3.57 Å². The van der Waals surface area contributed by atoms with Gasteiger partial charge in [-0.25, -0.2) is 9.97 Å². The van der Waals surface area contributed by atoms with Gasteiger partial charge in [-0.15, -0.1) is 0 Å². The topological polar surface area (TPSA) is 51.8 Å². The number of aromatic nitrogens is 2. The molecule has 0 aliphatic carbocycles. The molecule has 0 unspecified atom stereocenters. The first-order valence-electron chi connectivity index (χ1n) is 4.62. The van der Waals surface area contributed by atoms with Crippen LogP contribution in [0.2, 0.25) is 0 Å². The molecular weight excluding hydrogens is 381 g/mol. The minimum Gasteiger partial charge on any atom is -0.383 e. The lowest BCUT2D eigenvalue weighted by atomic mass is 10.1. The maximum absolute atomic E-state index is 5.76. The molecule has 0 bridgehead atoms. The highest BCUT2D eigenvalue weighted by molar-refractivity contribution is 14.1. The molecule has 1 heterocycles. The molecular formula is C11H9BrIN3. The number of rotatable bonds is 1. The number of aryl methyl sites for hydroxylation is 1. The Morgan fingerprint density at radius 3 is 2.75 bits per heavy atom. The molecule has 0 aliphatic heterocycles. The summed E-state index contributed by atoms with van der Waals surface area (Å²) in [5, 5.41) is 0. The van der Waals surface area contributed by atoms with Crippen molar-refractivity contribution in [2.24, 2.45) is 0 Å². The van der Waals surface area contributed by atoms with E-state index in [4.69, 9.17) is 5.73 Å². The molecule has 2 rings (SSSR count). The molecule has 0 aliphatic rings. The number of anilines is 1. The highest BCUT2D eigenvalue weighted by Crippen LogP contribution is 2.23. The van der Waals surface area contributed by atoms with Gasteiger partial charge in [-0.05, 0) is 47.2 Å². The number of nitrogens with zero attached hydrogens (tertiary/aromatic N) is 2. The Labute approximate surface area is 116 Å². The van der Waals surface area contributed by atoms with Gasteiger partial charge in [0, 0.05) is 16.2 Å². The van der Waals surface area contributed by atoms with Gasteiger partial charge >= 0.3 is 0 Å². The number of nitrogen functional groups attached to an aromatic ring is 1. The third-order valence-electron chi connectivity index (χ3n) is 2.19. The van der Waals surface area contributed by atoms with Gasteiger partial charge in [0.15, 0.2) is 5.82 Å². The lowest BCUT2D eigenvalue weighted by Gasteiger charge is -2.04. The molecule has 0 amide bonds. The Kier molecular flexibility index (Phi) is 3.44. The van der Waals surface area contributed by atoms with Gasteiger partial charge in [0.25, 0.3) is 0 Å². The van der Waals surface area contributed by atoms with Crippen molar-refractivity contribution in [3.8, 4) is 11.4 Å². The highest BCUT2D eigenvalue weighted by Gasteiger charge is 2.05. The third kappa shape index (κ3) is 2.35. The summed E-state index contributed by atoms with van der Waals surface area (Å²) in [6.07, 6.45) is 1.73. The maximum atomic E-state index is 5.76. The van der Waals surface area contributed by atoms with Crippen LogP contribution >= 0.6 is 38.5 Å². The van der Waals surface area contributed by atoms with Crippen LogP contribution in [0.15, 0.2) is 28.9 Å². The summed E-state index contributed by atoms with van der Waals surface area (Å²) >= 11 is 5.58. The summed E-state index contributed by atoms with van der Waals surface area (Å²) in [5.41, 5.74) is 7.88. The Morgan fingerprint density at radius 1 is 1.38 bits per heavy atom. The van der Waals surface area contributed by atoms with Crippen LogP contribution in [0.3, 0.4) is 0 Å². The Hall–Kier alpha value is -0.690. The predicted molar refractivity (Wildman–Crippen MR) is 77.0 cm³/mol. The predicted octanol–water partition coefficient (Wildman–Crippen LogP) is 3.40. The van der Waals surface area contributed by atoms with Crippen LogP contribution in [-0.2, 0) is 0 Å². The Balaban J connectivity index is 2.50. The minimum absolute atomic E-state index is 0.520. The van der Waals surface area contributed by atoms with E-state index in [1.807, 2.05) is 25.1 Å². The Morgan fingerprint density at radius 2 is 2.12 bits per heavy atom. The monoisotopic (exact) mass is 389 g/mol. The van der Waals surface area contributed by atoms with Crippen molar-refractivity contribution in [3.63, 3.8) is 0 Å². The van der Waals surface area contributed by atoms with E-state index in [-0.39, 0.29) is 0 Å². The molecule has 0 radical (unpaired) electrons. The van der Waals surface area contributed by atoms with Gasteiger partial charge in [-0.2, -0.15) is 0 Å². The third-order valence-corrected chi connectivity index (χ3v) is 3.91. The van der Waals surface area contributed by atoms with Crippen molar-refractivity contribution in [2.45, 2.75) is 6.92 Å². The van der Waals surface area contributed by atoms with Crippen molar-refractivity contribution in [1.29, 1.82) is 0 Å². The molecule has 1 aromatic carbocycles. The van der Waals surface area contributed by atoms with Crippen molar-refractivity contribution < 1.29 is 0 Å². The second kappa shape index (κ2) is 4.67. The molecule has 0 saturated carbocycles. The Bertz CT molecular complexity index is 493. The number of hydrogen-bond donors (Lipinski definition) is 1. The fraction of sp³-hybridized carbons (Fsp3) is 0.0909. The molecule has 2 aromatic rings. The summed E-state index contributed by atoms with van der Waals surface area (Å²) in [6.45, 7) is 2.03. The van der Waals surface area contributed by atoms with Crippen LogP contribution in [0.25, 0.3) is 11.4 Å². The van der Waals surface area contributed by atoms with Gasteiger partial charge in [0.1, 0.15) is 5.82 Å². The van der Waals surface area contributed by atoms with E-state index in [2.05, 4.69) is 48.5 Å². The molecule has 3 nitrogen and oxygen atoms in total. The molecule has 2 N–H and O–H groups in total. The van der Waals surface area contributed by atoms with E-state index >= 15 is 0 Å². The minimum atomic E-state index is 0.520. The smallest absolute Gasteiger partial charge is 0.161 e. The zero-order valence-corrected chi connectivity index (χ0v) is 12.3. The molecule has 16 heavy (non-hydrogen) atoms. The zero-order valence-electron chi connectivity index (χ0n) is 8.54. The molecule has 5 heteroatoms. The lowest BCUT2D eigenvalue weighted by molar-refractivity contribution is 1.16. The van der Waals surface area contributed by atoms with Crippen LogP contribution in [0.1, 0.15) is 5.56 Å². The lowest BCUT2D eigenvalue weighted by Crippen LogP contribution is -1.98. The average Bonchev–Trinajstić information content (AvgIpc) is 2.26. The zero-order chi connectivity index (χ0) is 11.7. The summed E-state index contributed by atoms with van der Waals surface area (Å²) < 4.78 is 1.95.